The summed E-state index contributed by atoms with van der Waals surface area (Å²) in [5.41, 5.74) is -1.86. The third-order valence-electron chi connectivity index (χ3n) is 18.8. The summed E-state index contributed by atoms with van der Waals surface area (Å²) in [6, 6.07) is 0. The Hall–Kier alpha value is -1.05. The van der Waals surface area contributed by atoms with Crippen molar-refractivity contribution in [1.29, 1.82) is 0 Å². The molecule has 1 spiro atoms. The van der Waals surface area contributed by atoms with Crippen molar-refractivity contribution >= 4 is 5.97 Å². The lowest BCUT2D eigenvalue weighted by Gasteiger charge is -2.75. The van der Waals surface area contributed by atoms with Crippen molar-refractivity contribution in [3.8, 4) is 0 Å². The molecule has 5 aliphatic carbocycles. The summed E-state index contributed by atoms with van der Waals surface area (Å²) in [7, 11) is 1.14. The molecule has 5 saturated carbocycles. The van der Waals surface area contributed by atoms with Crippen LogP contribution < -0.4 is 0 Å². The van der Waals surface area contributed by atoms with Gasteiger partial charge < -0.3 is 69.3 Å². The van der Waals surface area contributed by atoms with E-state index < -0.39 is 91.6 Å². The molecule has 3 saturated heterocycles. The fourth-order valence-corrected chi connectivity index (χ4v) is 15.2. The van der Waals surface area contributed by atoms with Crippen molar-refractivity contribution in [3.05, 3.63) is 0 Å². The van der Waals surface area contributed by atoms with Crippen molar-refractivity contribution < 1.29 is 74.1 Å². The topological polar surface area (TPSA) is 234 Å². The minimum Gasteiger partial charge on any atom is -0.467 e. The van der Waals surface area contributed by atoms with Gasteiger partial charge in [-0.15, -0.1) is 0 Å². The second-order valence-corrected chi connectivity index (χ2v) is 21.5. The molecular formula is C43H70O15. The van der Waals surface area contributed by atoms with Gasteiger partial charge in [0.2, 0.25) is 0 Å². The third-order valence-corrected chi connectivity index (χ3v) is 18.8. The van der Waals surface area contributed by atoms with Crippen molar-refractivity contribution in [2.75, 3.05) is 26.9 Å². The summed E-state index contributed by atoms with van der Waals surface area (Å²) in [6.07, 6.45) is -8.85. The standard InChI is InChI=1S/C43H70O15/c1-37(2)22-8-12-40(5)23(9-13-43-24-16-38(3,19-45)14-15-42(24,20-54-43)25(46)17-41(40,43)6)39(22,4)11-10-26(37)56-36-33(30(50)29(49)32(57-36)34(52)53-7)58-35-31(51)28(48)27(47)21(18-44)55-35/h21-33,35-36,44-51H,8-20H2,1-7H3/t21-,22+,23-,24+,25-,26+,27-,28+,29+,30+,31-,32+,33-,35+,36-,38-,39+,40-,41+,42-,43+/m1/s1. The van der Waals surface area contributed by atoms with Gasteiger partial charge in [-0.3, -0.25) is 0 Å². The molecule has 8 fully saturated rings. The number of carbonyl (C=O) groups excluding carboxylic acids is 1. The minimum absolute atomic E-state index is 0.116. The highest BCUT2D eigenvalue weighted by atomic mass is 16.8. The molecule has 8 N–H and O–H groups in total. The summed E-state index contributed by atoms with van der Waals surface area (Å²) < 4.78 is 36.5. The molecule has 0 unspecified atom stereocenters. The number of esters is 1. The first kappa shape index (κ1) is 43.6. The predicted octanol–water partition coefficient (Wildman–Crippen LogP) is 1.15. The first-order chi connectivity index (χ1) is 27.1. The van der Waals surface area contributed by atoms with Gasteiger partial charge in [0.25, 0.3) is 0 Å². The van der Waals surface area contributed by atoms with Gasteiger partial charge in [-0.2, -0.15) is 0 Å². The van der Waals surface area contributed by atoms with Crippen LogP contribution in [0.25, 0.3) is 0 Å². The number of rotatable bonds is 7. The minimum atomic E-state index is -1.81. The van der Waals surface area contributed by atoms with E-state index in [1.54, 1.807) is 0 Å². The molecule has 0 aromatic heterocycles. The van der Waals surface area contributed by atoms with E-state index in [9.17, 15) is 45.6 Å². The molecule has 0 aromatic carbocycles. The molecule has 8 aliphatic rings. The van der Waals surface area contributed by atoms with Crippen LogP contribution in [-0.2, 0) is 33.2 Å². The van der Waals surface area contributed by atoms with Crippen LogP contribution >= 0.6 is 0 Å². The molecule has 15 nitrogen and oxygen atoms in total. The highest BCUT2D eigenvalue weighted by Gasteiger charge is 2.80. The first-order valence-electron chi connectivity index (χ1n) is 21.8. The fourth-order valence-electron chi connectivity index (χ4n) is 15.2. The van der Waals surface area contributed by atoms with Crippen LogP contribution in [0.15, 0.2) is 0 Å². The lowest BCUT2D eigenvalue weighted by Crippen LogP contribution is -2.74. The zero-order chi connectivity index (χ0) is 42.2. The van der Waals surface area contributed by atoms with Gasteiger partial charge in [0.05, 0.1) is 38.1 Å². The van der Waals surface area contributed by atoms with E-state index >= 15 is 0 Å². The molecule has 0 aromatic rings. The van der Waals surface area contributed by atoms with Gasteiger partial charge in [-0.25, -0.2) is 4.79 Å². The SMILES string of the molecule is COC(=O)[C@H]1O[C@@H](O[C@H]2CC[C@]3(C)[C@H]4CC[C@]56OC[C@@]7(CC[C@@](C)(CO)C[C@@H]75)[C@H](O)C[C@@]6(C)[C@]4(C)CC[C@H]3C2(C)C)[C@H](O[C@@H]2O[C@H](CO)[C@@H](O)[C@H](O)[C@H]2O)[C@@H](O)[C@@H]1O. The van der Waals surface area contributed by atoms with E-state index in [1.807, 2.05) is 0 Å². The Kier molecular flexibility index (Phi) is 10.9. The number of methoxy groups -OCH3 is 1. The Labute approximate surface area is 341 Å². The number of ether oxygens (including phenoxy) is 6. The van der Waals surface area contributed by atoms with E-state index in [0.29, 0.717) is 25.4 Å². The monoisotopic (exact) mass is 826 g/mol. The smallest absolute Gasteiger partial charge is 0.337 e. The van der Waals surface area contributed by atoms with Crippen LogP contribution in [0.1, 0.15) is 106 Å². The number of carbonyl (C=O) groups is 1. The van der Waals surface area contributed by atoms with E-state index in [0.717, 1.165) is 58.5 Å². The second kappa shape index (κ2) is 14.5. The van der Waals surface area contributed by atoms with E-state index in [4.69, 9.17) is 28.4 Å². The van der Waals surface area contributed by atoms with Crippen LogP contribution in [0.2, 0.25) is 0 Å². The van der Waals surface area contributed by atoms with Gasteiger partial charge in [0, 0.05) is 17.4 Å². The number of fused-ring (bicyclic) bond motifs is 4. The molecule has 2 bridgehead atoms. The first-order valence-corrected chi connectivity index (χ1v) is 21.8. The van der Waals surface area contributed by atoms with Gasteiger partial charge in [0.15, 0.2) is 18.7 Å². The number of hydrogen-bond donors (Lipinski definition) is 8. The Bertz CT molecular complexity index is 1560. The summed E-state index contributed by atoms with van der Waals surface area (Å²) in [6.45, 7) is 13.9. The largest absolute Gasteiger partial charge is 0.467 e. The number of aliphatic hydroxyl groups is 8. The molecule has 21 atom stereocenters. The number of aliphatic hydroxyl groups excluding tert-OH is 8. The molecule has 0 radical (unpaired) electrons. The van der Waals surface area contributed by atoms with Gasteiger partial charge in [-0.1, -0.05) is 41.5 Å². The zero-order valence-electron chi connectivity index (χ0n) is 35.3. The lowest BCUT2D eigenvalue weighted by molar-refractivity contribution is -0.375. The summed E-state index contributed by atoms with van der Waals surface area (Å²) in [5, 5.41) is 86.6. The Morgan fingerprint density at radius 3 is 2.09 bits per heavy atom. The van der Waals surface area contributed by atoms with Crippen LogP contribution in [0.5, 0.6) is 0 Å². The van der Waals surface area contributed by atoms with Crippen LogP contribution in [0, 0.1) is 50.2 Å². The Morgan fingerprint density at radius 1 is 0.707 bits per heavy atom. The molecule has 8 rings (SSSR count). The van der Waals surface area contributed by atoms with E-state index in [1.165, 1.54) is 0 Å². The van der Waals surface area contributed by atoms with E-state index in [2.05, 4.69) is 41.5 Å². The molecular weight excluding hydrogens is 756 g/mol. The lowest BCUT2D eigenvalue weighted by atomic mass is 9.30. The van der Waals surface area contributed by atoms with Crippen molar-refractivity contribution in [2.45, 2.75) is 185 Å². The average Bonchev–Trinajstić information content (AvgIpc) is 3.47. The molecule has 332 valence electrons. The van der Waals surface area contributed by atoms with Crippen molar-refractivity contribution in [3.63, 3.8) is 0 Å². The Morgan fingerprint density at radius 2 is 1.41 bits per heavy atom. The van der Waals surface area contributed by atoms with Crippen LogP contribution in [0.3, 0.4) is 0 Å². The molecule has 58 heavy (non-hydrogen) atoms. The quantitative estimate of drug-likeness (QED) is 0.133. The normalized spacial score (nSPS) is 57.3. The average molecular weight is 827 g/mol. The maximum Gasteiger partial charge on any atom is 0.337 e. The van der Waals surface area contributed by atoms with Gasteiger partial charge in [-0.05, 0) is 104 Å². The highest BCUT2D eigenvalue weighted by Crippen LogP contribution is 2.80. The van der Waals surface area contributed by atoms with E-state index in [-0.39, 0.29) is 51.1 Å². The molecule has 0 amide bonds. The number of hydrogen-bond acceptors (Lipinski definition) is 15. The summed E-state index contributed by atoms with van der Waals surface area (Å²) in [4.78, 5) is 12.8. The third kappa shape index (κ3) is 5.81. The van der Waals surface area contributed by atoms with Crippen molar-refractivity contribution in [1.82, 2.24) is 0 Å². The van der Waals surface area contributed by atoms with Gasteiger partial charge in [0.1, 0.15) is 42.7 Å². The zero-order valence-corrected chi connectivity index (χ0v) is 35.3. The summed E-state index contributed by atoms with van der Waals surface area (Å²) in [5.74, 6) is -0.248. The molecule has 15 heteroatoms. The summed E-state index contributed by atoms with van der Waals surface area (Å²) >= 11 is 0. The predicted molar refractivity (Wildman–Crippen MR) is 203 cm³/mol. The molecule has 3 aliphatic heterocycles. The highest BCUT2D eigenvalue weighted by molar-refractivity contribution is 5.75. The van der Waals surface area contributed by atoms with Crippen molar-refractivity contribution in [2.24, 2.45) is 50.2 Å². The van der Waals surface area contributed by atoms with Crippen LogP contribution in [-0.4, -0.2) is 153 Å². The second-order valence-electron chi connectivity index (χ2n) is 21.5. The van der Waals surface area contributed by atoms with Crippen LogP contribution in [0.4, 0.5) is 0 Å². The Balaban J connectivity index is 1.06. The van der Waals surface area contributed by atoms with Gasteiger partial charge >= 0.3 is 5.97 Å². The molecule has 3 heterocycles. The maximum atomic E-state index is 12.8. The maximum absolute atomic E-state index is 12.8. The fraction of sp³-hybridized carbons (Fsp3) is 0.977.